The van der Waals surface area contributed by atoms with Crippen LogP contribution in [0.15, 0.2) is 24.3 Å². The predicted molar refractivity (Wildman–Crippen MR) is 76.1 cm³/mol. The molecular weight excluding hydrogens is 240 g/mol. The lowest BCUT2D eigenvalue weighted by molar-refractivity contribution is 0.186. The van der Waals surface area contributed by atoms with Gasteiger partial charge < -0.3 is 9.47 Å². The van der Waals surface area contributed by atoms with Gasteiger partial charge in [-0.3, -0.25) is 11.3 Å². The van der Waals surface area contributed by atoms with Gasteiger partial charge in [-0.05, 0) is 43.2 Å². The highest BCUT2D eigenvalue weighted by atomic mass is 16.5. The number of benzene rings is 1. The van der Waals surface area contributed by atoms with Crippen LogP contribution in [-0.2, 0) is 4.74 Å². The van der Waals surface area contributed by atoms with Gasteiger partial charge in [0.2, 0.25) is 0 Å². The van der Waals surface area contributed by atoms with E-state index in [0.717, 1.165) is 44.6 Å². The molecule has 3 N–H and O–H groups in total. The van der Waals surface area contributed by atoms with Crippen molar-refractivity contribution in [2.45, 2.75) is 37.6 Å². The van der Waals surface area contributed by atoms with Crippen LogP contribution in [0.3, 0.4) is 0 Å². The number of ether oxygens (including phenoxy) is 2. The fourth-order valence-corrected chi connectivity index (χ4v) is 2.75. The first kappa shape index (κ1) is 14.3. The molecule has 1 aliphatic rings. The number of hydrogen-bond donors (Lipinski definition) is 2. The molecule has 0 radical (unpaired) electrons. The Morgan fingerprint density at radius 2 is 2.32 bits per heavy atom. The minimum absolute atomic E-state index is 0.339. The van der Waals surface area contributed by atoms with Crippen molar-refractivity contribution in [2.75, 3.05) is 20.3 Å². The molecule has 2 atom stereocenters. The number of nitrogens with two attached hydrogens (primary N) is 1. The Kier molecular flexibility index (Phi) is 5.63. The first-order valence-electron chi connectivity index (χ1n) is 7.02. The quantitative estimate of drug-likeness (QED) is 0.450. The molecule has 1 aromatic rings. The number of hydrogen-bond acceptors (Lipinski definition) is 4. The van der Waals surface area contributed by atoms with Crippen molar-refractivity contribution < 1.29 is 9.47 Å². The summed E-state index contributed by atoms with van der Waals surface area (Å²) in [5, 5.41) is 0. The smallest absolute Gasteiger partial charge is 0.122 e. The normalized spacial score (nSPS) is 19.6. The van der Waals surface area contributed by atoms with E-state index in [4.69, 9.17) is 15.3 Å². The molecule has 0 spiro atoms. The third kappa shape index (κ3) is 3.93. The van der Waals surface area contributed by atoms with Crippen LogP contribution >= 0.6 is 0 Å². The molecule has 2 unspecified atom stereocenters. The summed E-state index contributed by atoms with van der Waals surface area (Å²) in [7, 11) is 1.74. The second kappa shape index (κ2) is 7.48. The Bertz CT molecular complexity index is 384. The Hall–Kier alpha value is -1.10. The lowest BCUT2D eigenvalue weighted by Gasteiger charge is -2.29. The Labute approximate surface area is 115 Å². The molecule has 0 amide bonds. The zero-order valence-corrected chi connectivity index (χ0v) is 11.6. The van der Waals surface area contributed by atoms with Gasteiger partial charge in [-0.1, -0.05) is 18.2 Å². The SMILES string of the molecule is COCCCC(CC1CCOc2ccccc21)NN. The highest BCUT2D eigenvalue weighted by Crippen LogP contribution is 2.36. The number of hydrazine groups is 1. The minimum Gasteiger partial charge on any atom is -0.493 e. The van der Waals surface area contributed by atoms with Crippen molar-refractivity contribution in [2.24, 2.45) is 5.84 Å². The number of fused-ring (bicyclic) bond motifs is 1. The van der Waals surface area contributed by atoms with Crippen molar-refractivity contribution in [1.29, 1.82) is 0 Å². The zero-order chi connectivity index (χ0) is 13.5. The Morgan fingerprint density at radius 1 is 1.47 bits per heavy atom. The topological polar surface area (TPSA) is 56.5 Å². The highest BCUT2D eigenvalue weighted by Gasteiger charge is 2.23. The third-order valence-corrected chi connectivity index (χ3v) is 3.79. The van der Waals surface area contributed by atoms with Crippen molar-refractivity contribution in [3.8, 4) is 5.75 Å². The van der Waals surface area contributed by atoms with Gasteiger partial charge in [0.25, 0.3) is 0 Å². The standard InChI is InChI=1S/C15H24N2O2/c1-18-9-4-5-13(17-16)11-12-8-10-19-15-7-3-2-6-14(12)15/h2-3,6-7,12-13,17H,4-5,8-11,16H2,1H3. The molecule has 0 aromatic heterocycles. The van der Waals surface area contributed by atoms with Crippen LogP contribution in [0.25, 0.3) is 0 Å². The van der Waals surface area contributed by atoms with E-state index in [1.807, 2.05) is 6.07 Å². The molecule has 19 heavy (non-hydrogen) atoms. The van der Waals surface area contributed by atoms with E-state index in [9.17, 15) is 0 Å². The fraction of sp³-hybridized carbons (Fsp3) is 0.600. The maximum absolute atomic E-state index is 5.70. The molecule has 1 aromatic carbocycles. The molecule has 106 valence electrons. The van der Waals surface area contributed by atoms with Crippen LogP contribution in [0, 0.1) is 0 Å². The van der Waals surface area contributed by atoms with Gasteiger partial charge in [0.15, 0.2) is 0 Å². The van der Waals surface area contributed by atoms with Crippen LogP contribution < -0.4 is 16.0 Å². The van der Waals surface area contributed by atoms with E-state index in [-0.39, 0.29) is 0 Å². The lowest BCUT2D eigenvalue weighted by atomic mass is 9.86. The summed E-state index contributed by atoms with van der Waals surface area (Å²) < 4.78 is 10.8. The Balaban J connectivity index is 1.94. The van der Waals surface area contributed by atoms with Crippen LogP contribution in [-0.4, -0.2) is 26.4 Å². The van der Waals surface area contributed by atoms with E-state index in [1.165, 1.54) is 5.56 Å². The van der Waals surface area contributed by atoms with E-state index in [0.29, 0.717) is 12.0 Å². The fourth-order valence-electron chi connectivity index (χ4n) is 2.75. The predicted octanol–water partition coefficient (Wildman–Crippen LogP) is 2.20. The van der Waals surface area contributed by atoms with Crippen LogP contribution in [0.4, 0.5) is 0 Å². The number of para-hydroxylation sites is 1. The van der Waals surface area contributed by atoms with Gasteiger partial charge >= 0.3 is 0 Å². The second-order valence-corrected chi connectivity index (χ2v) is 5.11. The molecule has 4 heteroatoms. The molecular formula is C15H24N2O2. The Morgan fingerprint density at radius 3 is 3.11 bits per heavy atom. The summed E-state index contributed by atoms with van der Waals surface area (Å²) in [6.07, 6.45) is 4.21. The van der Waals surface area contributed by atoms with Gasteiger partial charge in [0.05, 0.1) is 6.61 Å². The van der Waals surface area contributed by atoms with Gasteiger partial charge in [0, 0.05) is 19.8 Å². The van der Waals surface area contributed by atoms with E-state index >= 15 is 0 Å². The van der Waals surface area contributed by atoms with Crippen LogP contribution in [0.2, 0.25) is 0 Å². The second-order valence-electron chi connectivity index (χ2n) is 5.11. The summed E-state index contributed by atoms with van der Waals surface area (Å²) in [6.45, 7) is 1.60. The summed E-state index contributed by atoms with van der Waals surface area (Å²) in [5.74, 6) is 7.24. The average molecular weight is 264 g/mol. The highest BCUT2D eigenvalue weighted by molar-refractivity contribution is 5.37. The lowest BCUT2D eigenvalue weighted by Crippen LogP contribution is -2.37. The maximum Gasteiger partial charge on any atom is 0.122 e. The average Bonchev–Trinajstić information content (AvgIpc) is 2.46. The number of rotatable bonds is 7. The third-order valence-electron chi connectivity index (χ3n) is 3.79. The van der Waals surface area contributed by atoms with Crippen molar-refractivity contribution in [3.63, 3.8) is 0 Å². The summed E-state index contributed by atoms with van der Waals surface area (Å²) in [5.41, 5.74) is 4.26. The molecule has 0 fully saturated rings. The molecule has 0 saturated carbocycles. The molecule has 0 bridgehead atoms. The van der Waals surface area contributed by atoms with Crippen LogP contribution in [0.5, 0.6) is 5.75 Å². The van der Waals surface area contributed by atoms with Crippen molar-refractivity contribution in [3.05, 3.63) is 29.8 Å². The molecule has 2 rings (SSSR count). The molecule has 4 nitrogen and oxygen atoms in total. The van der Waals surface area contributed by atoms with E-state index in [1.54, 1.807) is 7.11 Å². The summed E-state index contributed by atoms with van der Waals surface area (Å²) in [6, 6.07) is 8.67. The number of methoxy groups -OCH3 is 1. The molecule has 1 heterocycles. The van der Waals surface area contributed by atoms with Gasteiger partial charge in [-0.2, -0.15) is 0 Å². The van der Waals surface area contributed by atoms with Gasteiger partial charge in [-0.15, -0.1) is 0 Å². The molecule has 1 aliphatic heterocycles. The van der Waals surface area contributed by atoms with E-state index in [2.05, 4.69) is 23.6 Å². The van der Waals surface area contributed by atoms with Gasteiger partial charge in [-0.25, -0.2) is 0 Å². The summed E-state index contributed by atoms with van der Waals surface area (Å²) >= 11 is 0. The van der Waals surface area contributed by atoms with E-state index < -0.39 is 0 Å². The number of nitrogens with one attached hydrogen (secondary N) is 1. The monoisotopic (exact) mass is 264 g/mol. The van der Waals surface area contributed by atoms with Crippen molar-refractivity contribution >= 4 is 0 Å². The maximum atomic E-state index is 5.70. The summed E-state index contributed by atoms with van der Waals surface area (Å²) in [4.78, 5) is 0. The molecule has 0 aliphatic carbocycles. The first-order chi connectivity index (χ1) is 9.35. The van der Waals surface area contributed by atoms with Gasteiger partial charge in [0.1, 0.15) is 5.75 Å². The minimum atomic E-state index is 0.339. The zero-order valence-electron chi connectivity index (χ0n) is 11.6. The first-order valence-corrected chi connectivity index (χ1v) is 7.02. The van der Waals surface area contributed by atoms with Crippen LogP contribution in [0.1, 0.15) is 37.2 Å². The molecule has 0 saturated heterocycles. The van der Waals surface area contributed by atoms with Crippen molar-refractivity contribution in [1.82, 2.24) is 5.43 Å². The largest absolute Gasteiger partial charge is 0.493 e.